The zero-order valence-electron chi connectivity index (χ0n) is 13.3. The van der Waals surface area contributed by atoms with Crippen molar-refractivity contribution in [3.8, 4) is 0 Å². The van der Waals surface area contributed by atoms with Gasteiger partial charge in [-0.05, 0) is 49.9 Å². The minimum atomic E-state index is -0.309. The lowest BCUT2D eigenvalue weighted by Gasteiger charge is -2.34. The second-order valence-corrected chi connectivity index (χ2v) is 6.44. The highest BCUT2D eigenvalue weighted by Gasteiger charge is 2.23. The van der Waals surface area contributed by atoms with Crippen LogP contribution in [0.1, 0.15) is 51.3 Å². The summed E-state index contributed by atoms with van der Waals surface area (Å²) in [7, 11) is 0. The first-order valence-corrected chi connectivity index (χ1v) is 8.19. The summed E-state index contributed by atoms with van der Waals surface area (Å²) >= 11 is 0. The van der Waals surface area contributed by atoms with Crippen LogP contribution in [0, 0.1) is 17.7 Å². The lowest BCUT2D eigenvalue weighted by Crippen LogP contribution is -2.39. The van der Waals surface area contributed by atoms with E-state index in [0.29, 0.717) is 5.92 Å². The van der Waals surface area contributed by atoms with Gasteiger partial charge in [-0.2, -0.15) is 0 Å². The van der Waals surface area contributed by atoms with Gasteiger partial charge in [0.2, 0.25) is 0 Å². The predicted octanol–water partition coefficient (Wildman–Crippen LogP) is 3.37. The number of aromatic nitrogens is 1. The molecule has 0 radical (unpaired) electrons. The highest BCUT2D eigenvalue weighted by atomic mass is 19.1. The van der Waals surface area contributed by atoms with Crippen molar-refractivity contribution in [2.75, 3.05) is 19.6 Å². The number of hydrogen-bond acceptors (Lipinski definition) is 3. The summed E-state index contributed by atoms with van der Waals surface area (Å²) in [5, 5.41) is 0. The maximum atomic E-state index is 12.9. The highest BCUT2D eigenvalue weighted by molar-refractivity contribution is 5.10. The molecule has 4 heteroatoms. The topological polar surface area (TPSA) is 42.1 Å². The van der Waals surface area contributed by atoms with Crippen LogP contribution in [0.4, 0.5) is 4.39 Å². The van der Waals surface area contributed by atoms with Gasteiger partial charge in [0.15, 0.2) is 0 Å². The molecule has 1 aromatic rings. The molecule has 0 amide bonds. The van der Waals surface area contributed by atoms with Crippen molar-refractivity contribution in [1.29, 1.82) is 0 Å². The van der Waals surface area contributed by atoms with E-state index in [2.05, 4.69) is 23.7 Å². The third-order valence-electron chi connectivity index (χ3n) is 4.66. The summed E-state index contributed by atoms with van der Waals surface area (Å²) in [6, 6.07) is 3.01. The van der Waals surface area contributed by atoms with Crippen LogP contribution >= 0.6 is 0 Å². The van der Waals surface area contributed by atoms with Gasteiger partial charge in [-0.25, -0.2) is 4.39 Å². The monoisotopic (exact) mass is 293 g/mol. The Labute approximate surface area is 127 Å². The van der Waals surface area contributed by atoms with Gasteiger partial charge in [-0.1, -0.05) is 26.7 Å². The summed E-state index contributed by atoms with van der Waals surface area (Å²) in [4.78, 5) is 6.62. The average Bonchev–Trinajstić information content (AvgIpc) is 2.49. The summed E-state index contributed by atoms with van der Waals surface area (Å²) in [5.74, 6) is 0.927. The van der Waals surface area contributed by atoms with E-state index in [9.17, 15) is 4.39 Å². The molecule has 1 aromatic heterocycles. The fraction of sp³-hybridized carbons (Fsp3) is 0.706. The Morgan fingerprint density at radius 3 is 2.67 bits per heavy atom. The largest absolute Gasteiger partial charge is 0.322 e. The third kappa shape index (κ3) is 4.75. The van der Waals surface area contributed by atoms with Gasteiger partial charge in [0, 0.05) is 6.54 Å². The number of piperidine rings is 1. The molecule has 2 unspecified atom stereocenters. The Morgan fingerprint density at radius 2 is 2.10 bits per heavy atom. The molecule has 0 aromatic carbocycles. The molecule has 0 aliphatic carbocycles. The van der Waals surface area contributed by atoms with Crippen LogP contribution in [0.5, 0.6) is 0 Å². The molecule has 118 valence electrons. The summed E-state index contributed by atoms with van der Waals surface area (Å²) in [6.07, 6.45) is 6.53. The molecule has 0 saturated carbocycles. The zero-order valence-corrected chi connectivity index (χ0v) is 13.3. The molecular weight excluding hydrogens is 265 g/mol. The van der Waals surface area contributed by atoms with Crippen LogP contribution in [0.15, 0.2) is 18.3 Å². The zero-order chi connectivity index (χ0) is 15.2. The van der Waals surface area contributed by atoms with Crippen LogP contribution in [0.3, 0.4) is 0 Å². The number of hydrogen-bond donors (Lipinski definition) is 1. The van der Waals surface area contributed by atoms with Gasteiger partial charge in [0.25, 0.3) is 0 Å². The molecule has 1 fully saturated rings. The molecule has 0 spiro atoms. The van der Waals surface area contributed by atoms with E-state index < -0.39 is 0 Å². The molecule has 1 aliphatic heterocycles. The fourth-order valence-corrected chi connectivity index (χ4v) is 3.26. The van der Waals surface area contributed by atoms with Crippen molar-refractivity contribution < 1.29 is 4.39 Å². The average molecular weight is 293 g/mol. The SMILES string of the molecule is CCCC1CCN(CC(C)C(N)c2ccc(F)cn2)CC1. The molecule has 2 atom stereocenters. The molecule has 1 aliphatic rings. The fourth-order valence-electron chi connectivity index (χ4n) is 3.26. The maximum Gasteiger partial charge on any atom is 0.141 e. The van der Waals surface area contributed by atoms with Gasteiger partial charge in [0.05, 0.1) is 17.9 Å². The standard InChI is InChI=1S/C17H28FN3/c1-3-4-14-7-9-21(10-8-14)12-13(2)17(19)16-6-5-15(18)11-20-16/h5-6,11,13-14,17H,3-4,7-10,12,19H2,1-2H3. The number of nitrogens with two attached hydrogens (primary N) is 1. The summed E-state index contributed by atoms with van der Waals surface area (Å²) in [6.45, 7) is 7.78. The molecular formula is C17H28FN3. The van der Waals surface area contributed by atoms with Gasteiger partial charge >= 0.3 is 0 Å². The first kappa shape index (κ1) is 16.4. The molecule has 1 saturated heterocycles. The summed E-state index contributed by atoms with van der Waals surface area (Å²) in [5.41, 5.74) is 7.05. The summed E-state index contributed by atoms with van der Waals surface area (Å²) < 4.78 is 12.9. The van der Waals surface area contributed by atoms with Crippen molar-refractivity contribution in [2.45, 2.75) is 45.6 Å². The normalized spacial score (nSPS) is 20.4. The molecule has 0 bridgehead atoms. The second kappa shape index (κ2) is 7.85. The van der Waals surface area contributed by atoms with Crippen LogP contribution in [-0.4, -0.2) is 29.5 Å². The van der Waals surface area contributed by atoms with Crippen LogP contribution in [-0.2, 0) is 0 Å². The minimum absolute atomic E-state index is 0.126. The molecule has 21 heavy (non-hydrogen) atoms. The van der Waals surface area contributed by atoms with Crippen molar-refractivity contribution in [3.63, 3.8) is 0 Å². The van der Waals surface area contributed by atoms with E-state index in [4.69, 9.17) is 5.73 Å². The number of nitrogens with zero attached hydrogens (tertiary/aromatic N) is 2. The Morgan fingerprint density at radius 1 is 1.38 bits per heavy atom. The van der Waals surface area contributed by atoms with Gasteiger partial charge in [-0.3, -0.25) is 4.98 Å². The number of likely N-dealkylation sites (tertiary alicyclic amines) is 1. The van der Waals surface area contributed by atoms with Crippen molar-refractivity contribution in [3.05, 3.63) is 29.8 Å². The lowest BCUT2D eigenvalue weighted by molar-refractivity contribution is 0.152. The van der Waals surface area contributed by atoms with Gasteiger partial charge < -0.3 is 10.6 Å². The van der Waals surface area contributed by atoms with Crippen LogP contribution in [0.2, 0.25) is 0 Å². The third-order valence-corrected chi connectivity index (χ3v) is 4.66. The van der Waals surface area contributed by atoms with Gasteiger partial charge in [0.1, 0.15) is 5.82 Å². The van der Waals surface area contributed by atoms with Crippen LogP contribution in [0.25, 0.3) is 0 Å². The van der Waals surface area contributed by atoms with E-state index in [1.165, 1.54) is 51.0 Å². The molecule has 3 nitrogen and oxygen atoms in total. The van der Waals surface area contributed by atoms with Crippen molar-refractivity contribution in [2.24, 2.45) is 17.6 Å². The Bertz CT molecular complexity index is 413. The number of pyridine rings is 1. The van der Waals surface area contributed by atoms with Crippen molar-refractivity contribution in [1.82, 2.24) is 9.88 Å². The smallest absolute Gasteiger partial charge is 0.141 e. The maximum absolute atomic E-state index is 12.9. The quantitative estimate of drug-likeness (QED) is 0.874. The van der Waals surface area contributed by atoms with E-state index in [0.717, 1.165) is 18.2 Å². The molecule has 2 heterocycles. The highest BCUT2D eigenvalue weighted by Crippen LogP contribution is 2.24. The van der Waals surface area contributed by atoms with Crippen LogP contribution < -0.4 is 5.73 Å². The van der Waals surface area contributed by atoms with Crippen molar-refractivity contribution >= 4 is 0 Å². The Kier molecular flexibility index (Phi) is 6.12. The first-order chi connectivity index (χ1) is 10.1. The second-order valence-electron chi connectivity index (χ2n) is 6.44. The molecule has 2 N–H and O–H groups in total. The Balaban J connectivity index is 1.81. The Hall–Kier alpha value is -1.00. The predicted molar refractivity (Wildman–Crippen MR) is 84.4 cm³/mol. The van der Waals surface area contributed by atoms with E-state index in [-0.39, 0.29) is 11.9 Å². The first-order valence-electron chi connectivity index (χ1n) is 8.19. The van der Waals surface area contributed by atoms with E-state index in [1.54, 1.807) is 6.07 Å². The van der Waals surface area contributed by atoms with E-state index in [1.807, 2.05) is 0 Å². The number of rotatable bonds is 6. The minimum Gasteiger partial charge on any atom is -0.322 e. The van der Waals surface area contributed by atoms with Gasteiger partial charge in [-0.15, -0.1) is 0 Å². The molecule has 2 rings (SSSR count). The number of halogens is 1. The lowest BCUT2D eigenvalue weighted by atomic mass is 9.91. The van der Waals surface area contributed by atoms with E-state index >= 15 is 0 Å².